The number of aromatic nitrogens is 2. The average molecular weight is 348 g/mol. The Morgan fingerprint density at radius 2 is 1.65 bits per heavy atom. The van der Waals surface area contributed by atoms with E-state index in [1.165, 1.54) is 0 Å². The quantitative estimate of drug-likeness (QED) is 0.708. The molecule has 0 atom stereocenters. The number of amides is 1. The SMILES string of the molecule is Cc1c(C(=O)N(C)Cc2ccc(N(C)C)cc2)cnn1-c1ccccc1. The van der Waals surface area contributed by atoms with E-state index in [1.807, 2.05) is 58.4 Å². The van der Waals surface area contributed by atoms with Crippen LogP contribution in [0.3, 0.4) is 0 Å². The molecule has 2 aromatic carbocycles. The summed E-state index contributed by atoms with van der Waals surface area (Å²) in [6.07, 6.45) is 1.65. The lowest BCUT2D eigenvalue weighted by Crippen LogP contribution is -2.26. The molecule has 0 saturated carbocycles. The number of carbonyl (C=O) groups excluding carboxylic acids is 1. The van der Waals surface area contributed by atoms with Crippen LogP contribution in [0.15, 0.2) is 60.8 Å². The number of rotatable bonds is 5. The Balaban J connectivity index is 1.76. The lowest BCUT2D eigenvalue weighted by molar-refractivity contribution is 0.0784. The molecule has 134 valence electrons. The fourth-order valence-corrected chi connectivity index (χ4v) is 2.90. The topological polar surface area (TPSA) is 41.4 Å². The summed E-state index contributed by atoms with van der Waals surface area (Å²) in [5.41, 5.74) is 4.66. The molecule has 0 N–H and O–H groups in total. The summed E-state index contributed by atoms with van der Waals surface area (Å²) in [6, 6.07) is 18.1. The van der Waals surface area contributed by atoms with Crippen LogP contribution in [0.5, 0.6) is 0 Å². The van der Waals surface area contributed by atoms with Crippen LogP contribution in [0.2, 0.25) is 0 Å². The minimum Gasteiger partial charge on any atom is -0.378 e. The van der Waals surface area contributed by atoms with E-state index in [9.17, 15) is 4.79 Å². The Hall–Kier alpha value is -3.08. The molecule has 0 aliphatic rings. The van der Waals surface area contributed by atoms with Crippen molar-refractivity contribution in [2.24, 2.45) is 0 Å². The molecule has 0 unspecified atom stereocenters. The van der Waals surface area contributed by atoms with E-state index < -0.39 is 0 Å². The molecular formula is C21H24N4O. The Labute approximate surface area is 154 Å². The van der Waals surface area contributed by atoms with Gasteiger partial charge in [0.1, 0.15) is 0 Å². The number of hydrogen-bond acceptors (Lipinski definition) is 3. The van der Waals surface area contributed by atoms with Gasteiger partial charge in [0.05, 0.1) is 23.1 Å². The maximum Gasteiger partial charge on any atom is 0.257 e. The lowest BCUT2D eigenvalue weighted by Gasteiger charge is -2.18. The lowest BCUT2D eigenvalue weighted by atomic mass is 10.1. The molecule has 0 aliphatic carbocycles. The second kappa shape index (κ2) is 7.44. The predicted molar refractivity (Wildman–Crippen MR) is 105 cm³/mol. The van der Waals surface area contributed by atoms with Crippen molar-refractivity contribution in [2.45, 2.75) is 13.5 Å². The monoisotopic (exact) mass is 348 g/mol. The van der Waals surface area contributed by atoms with Crippen molar-refractivity contribution in [1.29, 1.82) is 0 Å². The van der Waals surface area contributed by atoms with E-state index in [0.717, 1.165) is 22.6 Å². The van der Waals surface area contributed by atoms with Crippen molar-refractivity contribution in [3.05, 3.63) is 77.6 Å². The zero-order chi connectivity index (χ0) is 18.7. The van der Waals surface area contributed by atoms with E-state index in [0.29, 0.717) is 12.1 Å². The maximum atomic E-state index is 12.9. The van der Waals surface area contributed by atoms with Crippen LogP contribution < -0.4 is 4.90 Å². The summed E-state index contributed by atoms with van der Waals surface area (Å²) in [5.74, 6) is -0.0265. The molecular weight excluding hydrogens is 324 g/mol. The largest absolute Gasteiger partial charge is 0.378 e. The van der Waals surface area contributed by atoms with Gasteiger partial charge >= 0.3 is 0 Å². The summed E-state index contributed by atoms with van der Waals surface area (Å²) in [4.78, 5) is 16.6. The van der Waals surface area contributed by atoms with Gasteiger partial charge in [-0.05, 0) is 36.8 Å². The standard InChI is InChI=1S/C21H24N4O/c1-16-20(14-22-25(16)19-8-6-5-7-9-19)21(26)24(4)15-17-10-12-18(13-11-17)23(2)3/h5-14H,15H2,1-4H3. The summed E-state index contributed by atoms with van der Waals surface area (Å²) >= 11 is 0. The molecule has 1 amide bonds. The summed E-state index contributed by atoms with van der Waals surface area (Å²) in [7, 11) is 5.84. The van der Waals surface area contributed by atoms with Gasteiger partial charge in [0.15, 0.2) is 0 Å². The van der Waals surface area contributed by atoms with Crippen LogP contribution in [-0.2, 0) is 6.54 Å². The first-order chi connectivity index (χ1) is 12.5. The number of carbonyl (C=O) groups is 1. The van der Waals surface area contributed by atoms with Crippen LogP contribution in [0.25, 0.3) is 5.69 Å². The minimum atomic E-state index is -0.0265. The van der Waals surface area contributed by atoms with E-state index in [1.54, 1.807) is 15.8 Å². The van der Waals surface area contributed by atoms with Crippen molar-refractivity contribution >= 4 is 11.6 Å². The minimum absolute atomic E-state index is 0.0265. The molecule has 5 nitrogen and oxygen atoms in total. The summed E-state index contributed by atoms with van der Waals surface area (Å²) in [5, 5.41) is 4.39. The van der Waals surface area contributed by atoms with Gasteiger partial charge in [-0.15, -0.1) is 0 Å². The number of para-hydroxylation sites is 1. The zero-order valence-electron chi connectivity index (χ0n) is 15.7. The highest BCUT2D eigenvalue weighted by atomic mass is 16.2. The fourth-order valence-electron chi connectivity index (χ4n) is 2.90. The number of benzene rings is 2. The van der Waals surface area contributed by atoms with Crippen LogP contribution >= 0.6 is 0 Å². The number of nitrogens with zero attached hydrogens (tertiary/aromatic N) is 4. The molecule has 0 spiro atoms. The van der Waals surface area contributed by atoms with Crippen molar-refractivity contribution in [2.75, 3.05) is 26.0 Å². The first-order valence-electron chi connectivity index (χ1n) is 8.59. The van der Waals surface area contributed by atoms with Crippen molar-refractivity contribution in [3.8, 4) is 5.69 Å². The third-order valence-corrected chi connectivity index (χ3v) is 4.46. The Bertz CT molecular complexity index is 882. The van der Waals surface area contributed by atoms with E-state index in [-0.39, 0.29) is 5.91 Å². The highest BCUT2D eigenvalue weighted by Gasteiger charge is 2.18. The van der Waals surface area contributed by atoms with Gasteiger partial charge in [-0.1, -0.05) is 30.3 Å². The molecule has 3 aromatic rings. The Morgan fingerprint density at radius 3 is 2.27 bits per heavy atom. The third-order valence-electron chi connectivity index (χ3n) is 4.46. The van der Waals surface area contributed by atoms with Gasteiger partial charge < -0.3 is 9.80 Å². The van der Waals surface area contributed by atoms with Gasteiger partial charge in [0.2, 0.25) is 0 Å². The van der Waals surface area contributed by atoms with Crippen LogP contribution in [0.4, 0.5) is 5.69 Å². The summed E-state index contributed by atoms with van der Waals surface area (Å²) in [6.45, 7) is 2.48. The van der Waals surface area contributed by atoms with E-state index in [2.05, 4.69) is 34.3 Å². The molecule has 0 radical (unpaired) electrons. The van der Waals surface area contributed by atoms with Crippen molar-refractivity contribution in [1.82, 2.24) is 14.7 Å². The smallest absolute Gasteiger partial charge is 0.257 e. The second-order valence-electron chi connectivity index (χ2n) is 6.61. The molecule has 1 heterocycles. The molecule has 0 bridgehead atoms. The van der Waals surface area contributed by atoms with E-state index >= 15 is 0 Å². The van der Waals surface area contributed by atoms with Crippen molar-refractivity contribution in [3.63, 3.8) is 0 Å². The van der Waals surface area contributed by atoms with Crippen LogP contribution in [0.1, 0.15) is 21.6 Å². The van der Waals surface area contributed by atoms with Gasteiger partial charge in [0, 0.05) is 33.4 Å². The van der Waals surface area contributed by atoms with Gasteiger partial charge in [0.25, 0.3) is 5.91 Å². The molecule has 26 heavy (non-hydrogen) atoms. The Kier molecular flexibility index (Phi) is 5.07. The molecule has 0 saturated heterocycles. The number of hydrogen-bond donors (Lipinski definition) is 0. The van der Waals surface area contributed by atoms with Gasteiger partial charge in [-0.2, -0.15) is 5.10 Å². The van der Waals surface area contributed by atoms with Crippen LogP contribution in [-0.4, -0.2) is 41.7 Å². The highest BCUT2D eigenvalue weighted by molar-refractivity contribution is 5.95. The third kappa shape index (κ3) is 3.61. The molecule has 0 aliphatic heterocycles. The zero-order valence-corrected chi connectivity index (χ0v) is 15.7. The second-order valence-corrected chi connectivity index (χ2v) is 6.61. The highest BCUT2D eigenvalue weighted by Crippen LogP contribution is 2.17. The Morgan fingerprint density at radius 1 is 1.00 bits per heavy atom. The van der Waals surface area contributed by atoms with Gasteiger partial charge in [-0.3, -0.25) is 4.79 Å². The van der Waals surface area contributed by atoms with E-state index in [4.69, 9.17) is 0 Å². The summed E-state index contributed by atoms with van der Waals surface area (Å²) < 4.78 is 1.80. The molecule has 0 fully saturated rings. The van der Waals surface area contributed by atoms with Crippen molar-refractivity contribution < 1.29 is 4.79 Å². The average Bonchev–Trinajstić information content (AvgIpc) is 3.03. The van der Waals surface area contributed by atoms with Crippen LogP contribution in [0, 0.1) is 6.92 Å². The predicted octanol–water partition coefficient (Wildman–Crippen LogP) is 3.52. The number of anilines is 1. The maximum absolute atomic E-state index is 12.9. The van der Waals surface area contributed by atoms with Gasteiger partial charge in [-0.25, -0.2) is 4.68 Å². The fraction of sp³-hybridized carbons (Fsp3) is 0.238. The molecule has 3 rings (SSSR count). The molecule has 1 aromatic heterocycles. The molecule has 5 heteroatoms. The first-order valence-corrected chi connectivity index (χ1v) is 8.59. The first kappa shape index (κ1) is 17.7. The normalized spacial score (nSPS) is 10.6.